The first-order valence-corrected chi connectivity index (χ1v) is 8.66. The van der Waals surface area contributed by atoms with Gasteiger partial charge in [-0.2, -0.15) is 0 Å². The lowest BCUT2D eigenvalue weighted by Crippen LogP contribution is -2.37. The molecular formula is C19H31N3O2. The van der Waals surface area contributed by atoms with Gasteiger partial charge >= 0.3 is 0 Å². The second kappa shape index (κ2) is 10.8. The largest absolute Gasteiger partial charge is 0.342 e. The molecule has 5 heteroatoms. The van der Waals surface area contributed by atoms with Crippen LogP contribution in [-0.4, -0.2) is 66.8 Å². The Bertz CT molecular complexity index is 503. The van der Waals surface area contributed by atoms with E-state index in [0.717, 1.165) is 18.5 Å². The van der Waals surface area contributed by atoms with Gasteiger partial charge in [0, 0.05) is 39.5 Å². The summed E-state index contributed by atoms with van der Waals surface area (Å²) in [6.07, 6.45) is 1.30. The third-order valence-electron chi connectivity index (χ3n) is 4.02. The van der Waals surface area contributed by atoms with Crippen molar-refractivity contribution in [1.29, 1.82) is 0 Å². The zero-order valence-electron chi connectivity index (χ0n) is 15.5. The first kappa shape index (κ1) is 20.2. The number of hydrogen-bond acceptors (Lipinski definition) is 3. The Balaban J connectivity index is 2.49. The molecule has 0 spiro atoms. The normalized spacial score (nSPS) is 10.7. The summed E-state index contributed by atoms with van der Waals surface area (Å²) in [5.41, 5.74) is 1.13. The van der Waals surface area contributed by atoms with Gasteiger partial charge in [0.25, 0.3) is 0 Å². The number of hydrogen-bond donors (Lipinski definition) is 0. The Kier molecular flexibility index (Phi) is 9.08. The van der Waals surface area contributed by atoms with E-state index >= 15 is 0 Å². The van der Waals surface area contributed by atoms with Crippen LogP contribution < -0.4 is 0 Å². The molecule has 1 aromatic carbocycles. The fourth-order valence-electron chi connectivity index (χ4n) is 2.57. The highest BCUT2D eigenvalue weighted by molar-refractivity contribution is 5.78. The van der Waals surface area contributed by atoms with Crippen LogP contribution in [0, 0.1) is 0 Å². The molecule has 5 nitrogen and oxygen atoms in total. The standard InChI is InChI=1S/C19H31N3O2/c1-5-21(16-18-10-7-6-8-11-18)19(24)12-15-22(17(2)23)14-9-13-20(3)4/h6-8,10-11H,5,9,12-16H2,1-4H3. The van der Waals surface area contributed by atoms with Gasteiger partial charge < -0.3 is 14.7 Å². The molecule has 1 aromatic rings. The second-order valence-electron chi connectivity index (χ2n) is 6.31. The van der Waals surface area contributed by atoms with E-state index in [1.165, 1.54) is 0 Å². The number of carbonyl (C=O) groups excluding carboxylic acids is 2. The lowest BCUT2D eigenvalue weighted by molar-refractivity contribution is -0.133. The summed E-state index contributed by atoms with van der Waals surface area (Å²) >= 11 is 0. The molecule has 0 bridgehead atoms. The van der Waals surface area contributed by atoms with Crippen LogP contribution in [0.25, 0.3) is 0 Å². The van der Waals surface area contributed by atoms with E-state index in [1.807, 2.05) is 56.3 Å². The number of benzene rings is 1. The second-order valence-corrected chi connectivity index (χ2v) is 6.31. The minimum Gasteiger partial charge on any atom is -0.342 e. The number of carbonyl (C=O) groups is 2. The number of rotatable bonds is 10. The van der Waals surface area contributed by atoms with Crippen molar-refractivity contribution in [2.45, 2.75) is 33.2 Å². The van der Waals surface area contributed by atoms with E-state index in [1.54, 1.807) is 11.8 Å². The number of amides is 2. The van der Waals surface area contributed by atoms with Crippen LogP contribution in [0.15, 0.2) is 30.3 Å². The Labute approximate surface area is 146 Å². The van der Waals surface area contributed by atoms with Gasteiger partial charge in [-0.15, -0.1) is 0 Å². The van der Waals surface area contributed by atoms with Gasteiger partial charge in [0.15, 0.2) is 0 Å². The Hall–Kier alpha value is -1.88. The molecule has 0 aliphatic rings. The molecule has 0 N–H and O–H groups in total. The summed E-state index contributed by atoms with van der Waals surface area (Å²) < 4.78 is 0. The van der Waals surface area contributed by atoms with E-state index in [4.69, 9.17) is 0 Å². The van der Waals surface area contributed by atoms with Crippen molar-refractivity contribution in [3.63, 3.8) is 0 Å². The van der Waals surface area contributed by atoms with E-state index in [-0.39, 0.29) is 11.8 Å². The SMILES string of the molecule is CCN(Cc1ccccc1)C(=O)CCN(CCCN(C)C)C(C)=O. The predicted octanol–water partition coefficient (Wildman–Crippen LogP) is 2.23. The highest BCUT2D eigenvalue weighted by Gasteiger charge is 2.15. The van der Waals surface area contributed by atoms with Crippen molar-refractivity contribution in [2.75, 3.05) is 40.3 Å². The van der Waals surface area contributed by atoms with Crippen molar-refractivity contribution in [2.24, 2.45) is 0 Å². The summed E-state index contributed by atoms with van der Waals surface area (Å²) in [7, 11) is 4.04. The molecule has 0 unspecified atom stereocenters. The zero-order valence-corrected chi connectivity index (χ0v) is 15.5. The maximum absolute atomic E-state index is 12.5. The van der Waals surface area contributed by atoms with Crippen molar-refractivity contribution < 1.29 is 9.59 Å². The van der Waals surface area contributed by atoms with Crippen LogP contribution in [-0.2, 0) is 16.1 Å². The maximum Gasteiger partial charge on any atom is 0.224 e. The summed E-state index contributed by atoms with van der Waals surface area (Å²) in [6.45, 7) is 6.99. The summed E-state index contributed by atoms with van der Waals surface area (Å²) in [6, 6.07) is 9.99. The van der Waals surface area contributed by atoms with Crippen LogP contribution in [0.5, 0.6) is 0 Å². The van der Waals surface area contributed by atoms with Crippen LogP contribution in [0.4, 0.5) is 0 Å². The Morgan fingerprint density at radius 3 is 2.17 bits per heavy atom. The van der Waals surface area contributed by atoms with Crippen molar-refractivity contribution in [3.05, 3.63) is 35.9 Å². The van der Waals surface area contributed by atoms with Gasteiger partial charge in [-0.05, 0) is 39.5 Å². The van der Waals surface area contributed by atoms with E-state index in [9.17, 15) is 9.59 Å². The fraction of sp³-hybridized carbons (Fsp3) is 0.579. The van der Waals surface area contributed by atoms with Crippen molar-refractivity contribution >= 4 is 11.8 Å². The third-order valence-corrected chi connectivity index (χ3v) is 4.02. The van der Waals surface area contributed by atoms with Gasteiger partial charge in [-0.25, -0.2) is 0 Å². The van der Waals surface area contributed by atoms with Crippen LogP contribution in [0.1, 0.15) is 32.3 Å². The summed E-state index contributed by atoms with van der Waals surface area (Å²) in [5, 5.41) is 0. The van der Waals surface area contributed by atoms with Gasteiger partial charge in [0.2, 0.25) is 11.8 Å². The van der Waals surface area contributed by atoms with Gasteiger partial charge in [0.1, 0.15) is 0 Å². The van der Waals surface area contributed by atoms with E-state index in [2.05, 4.69) is 4.90 Å². The average Bonchev–Trinajstić information content (AvgIpc) is 2.55. The van der Waals surface area contributed by atoms with Gasteiger partial charge in [-0.3, -0.25) is 9.59 Å². The molecule has 1 rings (SSSR count). The monoisotopic (exact) mass is 333 g/mol. The van der Waals surface area contributed by atoms with E-state index in [0.29, 0.717) is 32.6 Å². The molecule has 0 aliphatic heterocycles. The molecule has 134 valence electrons. The highest BCUT2D eigenvalue weighted by Crippen LogP contribution is 2.07. The predicted molar refractivity (Wildman–Crippen MR) is 97.6 cm³/mol. The highest BCUT2D eigenvalue weighted by atomic mass is 16.2. The van der Waals surface area contributed by atoms with Gasteiger partial charge in [-0.1, -0.05) is 30.3 Å². The molecule has 0 saturated heterocycles. The minimum atomic E-state index is 0.0349. The first-order chi connectivity index (χ1) is 11.4. The topological polar surface area (TPSA) is 43.9 Å². The van der Waals surface area contributed by atoms with Crippen molar-refractivity contribution in [3.8, 4) is 0 Å². The summed E-state index contributed by atoms with van der Waals surface area (Å²) in [4.78, 5) is 29.9. The average molecular weight is 333 g/mol. The van der Waals surface area contributed by atoms with Crippen LogP contribution in [0.3, 0.4) is 0 Å². The Morgan fingerprint density at radius 1 is 0.958 bits per heavy atom. The molecule has 0 fully saturated rings. The molecule has 0 saturated carbocycles. The first-order valence-electron chi connectivity index (χ1n) is 8.66. The van der Waals surface area contributed by atoms with E-state index < -0.39 is 0 Å². The molecule has 0 aromatic heterocycles. The molecule has 0 radical (unpaired) electrons. The smallest absolute Gasteiger partial charge is 0.224 e. The lowest BCUT2D eigenvalue weighted by Gasteiger charge is -2.25. The zero-order chi connectivity index (χ0) is 17.9. The van der Waals surface area contributed by atoms with Gasteiger partial charge in [0.05, 0.1) is 0 Å². The van der Waals surface area contributed by atoms with Crippen LogP contribution in [0.2, 0.25) is 0 Å². The molecule has 0 heterocycles. The third kappa shape index (κ3) is 7.59. The Morgan fingerprint density at radius 2 is 1.62 bits per heavy atom. The molecule has 0 aliphatic carbocycles. The quantitative estimate of drug-likeness (QED) is 0.659. The fourth-order valence-corrected chi connectivity index (χ4v) is 2.57. The molecule has 24 heavy (non-hydrogen) atoms. The summed E-state index contributed by atoms with van der Waals surface area (Å²) in [5.74, 6) is 0.132. The molecule has 2 amide bonds. The minimum absolute atomic E-state index is 0.0349. The maximum atomic E-state index is 12.5. The lowest BCUT2D eigenvalue weighted by atomic mass is 10.2. The number of nitrogens with zero attached hydrogens (tertiary/aromatic N) is 3. The molecule has 0 atom stereocenters. The van der Waals surface area contributed by atoms with Crippen molar-refractivity contribution in [1.82, 2.24) is 14.7 Å². The molecular weight excluding hydrogens is 302 g/mol. The van der Waals surface area contributed by atoms with Crippen LogP contribution >= 0.6 is 0 Å².